The molecule has 1 aromatic rings. The fourth-order valence-electron chi connectivity index (χ4n) is 7.11. The van der Waals surface area contributed by atoms with Crippen LogP contribution in [0.25, 0.3) is 0 Å². The number of ether oxygens (including phenoxy) is 2. The van der Waals surface area contributed by atoms with E-state index in [2.05, 4.69) is 10.7 Å². The van der Waals surface area contributed by atoms with Gasteiger partial charge in [-0.25, -0.2) is 14.6 Å². The van der Waals surface area contributed by atoms with Crippen LogP contribution in [0, 0.1) is 29.5 Å². The first-order chi connectivity index (χ1) is 28.8. The lowest BCUT2D eigenvalue weighted by atomic mass is 9.78. The minimum Gasteiger partial charge on any atom is -0.508 e. The second kappa shape index (κ2) is 24.5. The van der Waals surface area contributed by atoms with Crippen molar-refractivity contribution in [3.05, 3.63) is 77.7 Å². The van der Waals surface area contributed by atoms with Gasteiger partial charge in [-0.2, -0.15) is 0 Å². The number of carbonyl (C=O) groups is 6. The monoisotopic (exact) mass is 853 g/mol. The number of ketones is 2. The number of carbonyl (C=O) groups excluding carboxylic acids is 6. The molecule has 1 aromatic carbocycles. The number of Topliss-reactive ketones (excluding diaryl/α,β-unsaturated/α-hetero) is 2. The SMILES string of the molecule is CCC(C)OC(=O)/C=C/C=C(\C)[C@@H]1C/C=C/C=C/[C@H](O)[C@H](C)[C@@H](O)[C@@H](CCC(C)=O)C(=O)C[C@@H](C(C)C)C(=O)N[C@@H](Cc2cc(O)cc(F)c2)C(=O)N2CCCC(N2)C(=O)O1. The molecule has 0 aliphatic carbocycles. The lowest BCUT2D eigenvalue weighted by Gasteiger charge is -2.36. The smallest absolute Gasteiger partial charge is 0.331 e. The van der Waals surface area contributed by atoms with E-state index >= 15 is 0 Å². The van der Waals surface area contributed by atoms with E-state index in [1.165, 1.54) is 36.2 Å². The highest BCUT2D eigenvalue weighted by atomic mass is 19.1. The third-order valence-corrected chi connectivity index (χ3v) is 11.2. The largest absolute Gasteiger partial charge is 0.508 e. The van der Waals surface area contributed by atoms with Gasteiger partial charge in [-0.1, -0.05) is 64.2 Å². The van der Waals surface area contributed by atoms with Crippen molar-refractivity contribution in [2.24, 2.45) is 23.7 Å². The number of phenolic OH excluding ortho intramolecular Hbond substituents is 1. The molecule has 3 rings (SSSR count). The van der Waals surface area contributed by atoms with E-state index in [1.54, 1.807) is 58.9 Å². The molecule has 0 aromatic heterocycles. The maximum absolute atomic E-state index is 14.4. The molecule has 336 valence electrons. The number of hydrogen-bond donors (Lipinski definition) is 5. The number of esters is 2. The van der Waals surface area contributed by atoms with Crippen molar-refractivity contribution in [3.8, 4) is 5.75 Å². The normalized spacial score (nSPS) is 28.3. The Morgan fingerprint density at radius 2 is 1.80 bits per heavy atom. The number of halogens is 1. The van der Waals surface area contributed by atoms with Gasteiger partial charge in [-0.05, 0) is 75.6 Å². The van der Waals surface area contributed by atoms with Gasteiger partial charge in [0.25, 0.3) is 5.91 Å². The van der Waals surface area contributed by atoms with Crippen molar-refractivity contribution in [1.82, 2.24) is 15.8 Å². The van der Waals surface area contributed by atoms with E-state index in [4.69, 9.17) is 9.47 Å². The molecule has 1 fully saturated rings. The fraction of sp³-hybridized carbons (Fsp3) is 0.565. The Hall–Kier alpha value is -4.99. The first kappa shape index (κ1) is 50.4. The third kappa shape index (κ3) is 16.1. The van der Waals surface area contributed by atoms with Crippen molar-refractivity contribution in [3.63, 3.8) is 0 Å². The van der Waals surface area contributed by atoms with Gasteiger partial charge in [0.2, 0.25) is 5.91 Å². The minimum absolute atomic E-state index is 0.0182. The summed E-state index contributed by atoms with van der Waals surface area (Å²) in [7, 11) is 0. The Morgan fingerprint density at radius 1 is 1.08 bits per heavy atom. The number of aliphatic hydroxyl groups excluding tert-OH is 2. The lowest BCUT2D eigenvalue weighted by molar-refractivity contribution is -0.156. The Morgan fingerprint density at radius 3 is 2.46 bits per heavy atom. The zero-order chi connectivity index (χ0) is 45.4. The maximum Gasteiger partial charge on any atom is 0.331 e. The van der Waals surface area contributed by atoms with Gasteiger partial charge >= 0.3 is 11.9 Å². The zero-order valence-corrected chi connectivity index (χ0v) is 36.3. The molecule has 2 unspecified atom stereocenters. The number of rotatable bonds is 11. The Balaban J connectivity index is 2.08. The average Bonchev–Trinajstić information content (AvgIpc) is 3.20. The number of hydrazine groups is 1. The summed E-state index contributed by atoms with van der Waals surface area (Å²) in [6.07, 6.45) is 7.82. The molecule has 2 aliphatic heterocycles. The van der Waals surface area contributed by atoms with Crippen LogP contribution >= 0.6 is 0 Å². The second-order valence-electron chi connectivity index (χ2n) is 16.5. The molecule has 15 heteroatoms. The Bertz CT molecular complexity index is 1800. The van der Waals surface area contributed by atoms with E-state index in [1.807, 2.05) is 6.92 Å². The second-order valence-corrected chi connectivity index (χ2v) is 16.5. The number of aromatic hydroxyl groups is 1. The highest BCUT2D eigenvalue weighted by Crippen LogP contribution is 2.28. The quantitative estimate of drug-likeness (QED) is 0.114. The van der Waals surface area contributed by atoms with E-state index in [0.29, 0.717) is 24.8 Å². The Labute approximate surface area is 358 Å². The van der Waals surface area contributed by atoms with Crippen molar-refractivity contribution in [1.29, 1.82) is 0 Å². The molecule has 2 aliphatic rings. The van der Waals surface area contributed by atoms with Crippen LogP contribution in [0.3, 0.4) is 0 Å². The maximum atomic E-state index is 14.4. The van der Waals surface area contributed by atoms with E-state index < -0.39 is 95.2 Å². The topological polar surface area (TPSA) is 209 Å². The summed E-state index contributed by atoms with van der Waals surface area (Å²) in [5, 5.41) is 36.7. The number of nitrogens with zero attached hydrogens (tertiary/aromatic N) is 1. The van der Waals surface area contributed by atoms with Crippen LogP contribution in [-0.2, 0) is 44.7 Å². The van der Waals surface area contributed by atoms with Gasteiger partial charge in [-0.15, -0.1) is 0 Å². The third-order valence-electron chi connectivity index (χ3n) is 11.2. The summed E-state index contributed by atoms with van der Waals surface area (Å²) in [6, 6.07) is 0.941. The molecule has 9 atom stereocenters. The molecule has 0 saturated carbocycles. The number of aliphatic hydroxyl groups is 2. The van der Waals surface area contributed by atoms with Crippen LogP contribution in [0.15, 0.2) is 66.3 Å². The molecule has 61 heavy (non-hydrogen) atoms. The van der Waals surface area contributed by atoms with Crippen LogP contribution in [0.1, 0.15) is 99.0 Å². The standard InChI is InChI=1S/C46H64FN3O11/c1-8-30(6)60-42(55)18-12-14-28(4)41-17-11-9-10-16-39(53)31(7)43(56)35(20-19-29(5)51)40(54)26-36(27(2)3)44(57)48-38(24-32-22-33(47)25-34(52)23-32)45(58)50-21-13-15-37(49-50)46(59)61-41/h9-12,14,16,18,22-23,25,27,30-31,35-39,41,43,49,52-53,56H,8,13,15,17,19-21,24,26H2,1-7H3,(H,48,57)/b11-9+,16-10+,18-12+,28-14+/t30?,31-,35-,36-,37?,38-,39-,41-,43+/m0/s1. The zero-order valence-electron chi connectivity index (χ0n) is 36.3. The summed E-state index contributed by atoms with van der Waals surface area (Å²) in [6.45, 7) is 11.9. The summed E-state index contributed by atoms with van der Waals surface area (Å²) in [5.41, 5.74) is 3.71. The molecule has 5 N–H and O–H groups in total. The van der Waals surface area contributed by atoms with Gasteiger partial charge < -0.3 is 34.9 Å². The molecular weight excluding hydrogens is 790 g/mol. The number of phenols is 1. The van der Waals surface area contributed by atoms with E-state index in [9.17, 15) is 48.5 Å². The highest BCUT2D eigenvalue weighted by Gasteiger charge is 2.39. The van der Waals surface area contributed by atoms with Gasteiger partial charge in [0, 0.05) is 62.1 Å². The summed E-state index contributed by atoms with van der Waals surface area (Å²) < 4.78 is 25.7. The van der Waals surface area contributed by atoms with Crippen molar-refractivity contribution in [2.45, 2.75) is 136 Å². The number of cyclic esters (lactones) is 1. The van der Waals surface area contributed by atoms with Crippen LogP contribution in [0.5, 0.6) is 5.75 Å². The molecule has 0 spiro atoms. The predicted molar refractivity (Wildman–Crippen MR) is 226 cm³/mol. The summed E-state index contributed by atoms with van der Waals surface area (Å²) in [5.74, 6) is -7.85. The van der Waals surface area contributed by atoms with Gasteiger partial charge in [0.1, 0.15) is 41.3 Å². The van der Waals surface area contributed by atoms with Crippen LogP contribution in [0.4, 0.5) is 4.39 Å². The number of benzene rings is 1. The molecule has 0 radical (unpaired) electrons. The first-order valence-corrected chi connectivity index (χ1v) is 21.1. The summed E-state index contributed by atoms with van der Waals surface area (Å²) in [4.78, 5) is 80.6. The number of amides is 2. The van der Waals surface area contributed by atoms with Crippen molar-refractivity contribution in [2.75, 3.05) is 6.54 Å². The number of allylic oxidation sites excluding steroid dienone is 4. The number of nitrogens with one attached hydrogen (secondary N) is 2. The van der Waals surface area contributed by atoms with Crippen LogP contribution in [-0.4, -0.2) is 98.7 Å². The minimum atomic E-state index is -1.40. The molecular formula is C46H64FN3O11. The lowest BCUT2D eigenvalue weighted by Crippen LogP contribution is -2.61. The molecule has 2 amide bonds. The van der Waals surface area contributed by atoms with Gasteiger partial charge in [0.05, 0.1) is 18.3 Å². The molecule has 2 heterocycles. The first-order valence-electron chi connectivity index (χ1n) is 21.1. The average molecular weight is 854 g/mol. The van der Waals surface area contributed by atoms with Crippen LogP contribution in [0.2, 0.25) is 0 Å². The van der Waals surface area contributed by atoms with Gasteiger partial charge in [0.15, 0.2) is 0 Å². The fourth-order valence-corrected chi connectivity index (χ4v) is 7.11. The van der Waals surface area contributed by atoms with Gasteiger partial charge in [-0.3, -0.25) is 24.2 Å². The molecule has 1 saturated heterocycles. The highest BCUT2D eigenvalue weighted by molar-refractivity contribution is 5.92. The molecule has 14 nitrogen and oxygen atoms in total. The predicted octanol–water partition coefficient (Wildman–Crippen LogP) is 4.90. The number of hydrogen-bond acceptors (Lipinski definition) is 12. The molecule has 2 bridgehead atoms. The van der Waals surface area contributed by atoms with E-state index in [0.717, 1.165) is 12.1 Å². The van der Waals surface area contributed by atoms with E-state index in [-0.39, 0.29) is 56.1 Å². The van der Waals surface area contributed by atoms with Crippen LogP contribution < -0.4 is 10.7 Å². The number of fused-ring (bicyclic) bond motifs is 2. The van der Waals surface area contributed by atoms with Crippen molar-refractivity contribution >= 4 is 35.3 Å². The van der Waals surface area contributed by atoms with Crippen molar-refractivity contribution < 1.29 is 58.0 Å². The summed E-state index contributed by atoms with van der Waals surface area (Å²) >= 11 is 0. The Kier molecular flexibility index (Phi) is 20.2.